The lowest BCUT2D eigenvalue weighted by Gasteiger charge is -2.38. The van der Waals surface area contributed by atoms with E-state index in [-0.39, 0.29) is 24.3 Å². The van der Waals surface area contributed by atoms with Gasteiger partial charge in [0.1, 0.15) is 11.9 Å². The second-order valence-corrected chi connectivity index (χ2v) is 9.38. The second kappa shape index (κ2) is 9.84. The van der Waals surface area contributed by atoms with Gasteiger partial charge in [-0.25, -0.2) is 4.98 Å². The first-order valence-corrected chi connectivity index (χ1v) is 12.4. The third kappa shape index (κ3) is 4.49. The lowest BCUT2D eigenvalue weighted by molar-refractivity contribution is -0.142. The van der Waals surface area contributed by atoms with Gasteiger partial charge in [-0.05, 0) is 56.7 Å². The molecule has 0 fully saturated rings. The van der Waals surface area contributed by atoms with Crippen LogP contribution in [0.4, 0.5) is 0 Å². The zero-order valence-electron chi connectivity index (χ0n) is 19.7. The van der Waals surface area contributed by atoms with Crippen LogP contribution in [0.2, 0.25) is 0 Å². The molecule has 0 radical (unpaired) electrons. The van der Waals surface area contributed by atoms with Gasteiger partial charge < -0.3 is 14.8 Å². The van der Waals surface area contributed by atoms with E-state index in [1.54, 1.807) is 0 Å². The maximum atomic E-state index is 13.8. The van der Waals surface area contributed by atoms with Crippen molar-refractivity contribution in [3.05, 3.63) is 77.6 Å². The van der Waals surface area contributed by atoms with Crippen molar-refractivity contribution in [1.82, 2.24) is 19.8 Å². The summed E-state index contributed by atoms with van der Waals surface area (Å²) in [5.74, 6) is 0.715. The second-order valence-electron chi connectivity index (χ2n) is 9.38. The van der Waals surface area contributed by atoms with E-state index in [0.29, 0.717) is 13.1 Å². The number of fused-ring (bicyclic) bond motifs is 3. The van der Waals surface area contributed by atoms with Gasteiger partial charge in [-0.2, -0.15) is 0 Å². The molecule has 2 atom stereocenters. The Hall–Kier alpha value is -3.41. The van der Waals surface area contributed by atoms with Crippen molar-refractivity contribution in [2.45, 2.75) is 64.1 Å². The Labute approximate surface area is 200 Å². The van der Waals surface area contributed by atoms with Crippen LogP contribution in [0.5, 0.6) is 0 Å². The number of para-hydroxylation sites is 2. The summed E-state index contributed by atoms with van der Waals surface area (Å²) in [7, 11) is 0. The van der Waals surface area contributed by atoms with Gasteiger partial charge in [0, 0.05) is 13.1 Å². The maximum Gasteiger partial charge on any atom is 0.247 e. The number of benzene rings is 2. The molecule has 6 heteroatoms. The standard InChI is InChI=1S/C28H32N4O2/c1-20-27-30-23-14-8-9-15-24(23)32(27)25(28(34)31(20)19-22-12-6-3-7-13-22)18-26(33)29-17-16-21-10-4-2-5-11-21/h3,6-10,12-15,20,25H,2,4-5,11,16-19H2,1H3,(H,29,33)/t20-,25-/m0/s1. The van der Waals surface area contributed by atoms with Crippen LogP contribution in [0.3, 0.4) is 0 Å². The number of carbonyl (C=O) groups excluding carboxylic acids is 2. The predicted octanol–water partition coefficient (Wildman–Crippen LogP) is 5.08. The third-order valence-electron chi connectivity index (χ3n) is 7.07. The zero-order chi connectivity index (χ0) is 23.5. The Morgan fingerprint density at radius 2 is 1.88 bits per heavy atom. The van der Waals surface area contributed by atoms with E-state index in [0.717, 1.165) is 41.7 Å². The average Bonchev–Trinajstić information content (AvgIpc) is 3.25. The fraction of sp³-hybridized carbons (Fsp3) is 0.393. The molecule has 34 heavy (non-hydrogen) atoms. The van der Waals surface area contributed by atoms with E-state index in [2.05, 4.69) is 11.4 Å². The molecule has 5 rings (SSSR count). The molecule has 1 aliphatic carbocycles. The zero-order valence-corrected chi connectivity index (χ0v) is 19.7. The predicted molar refractivity (Wildman–Crippen MR) is 133 cm³/mol. The summed E-state index contributed by atoms with van der Waals surface area (Å²) in [5.41, 5.74) is 4.26. The highest BCUT2D eigenvalue weighted by molar-refractivity contribution is 5.90. The molecule has 1 N–H and O–H groups in total. The Bertz CT molecular complexity index is 1210. The maximum absolute atomic E-state index is 13.8. The molecule has 6 nitrogen and oxygen atoms in total. The van der Waals surface area contributed by atoms with Crippen LogP contribution in [0.15, 0.2) is 66.2 Å². The molecule has 1 aromatic heterocycles. The molecule has 0 saturated carbocycles. The van der Waals surface area contributed by atoms with Crippen LogP contribution < -0.4 is 5.32 Å². The Morgan fingerprint density at radius 3 is 2.68 bits per heavy atom. The fourth-order valence-corrected chi connectivity index (χ4v) is 5.23. The van der Waals surface area contributed by atoms with Gasteiger partial charge in [0.25, 0.3) is 0 Å². The van der Waals surface area contributed by atoms with Gasteiger partial charge in [-0.1, -0.05) is 54.1 Å². The Morgan fingerprint density at radius 1 is 1.09 bits per heavy atom. The van der Waals surface area contributed by atoms with Gasteiger partial charge >= 0.3 is 0 Å². The fourth-order valence-electron chi connectivity index (χ4n) is 5.23. The number of carbonyl (C=O) groups is 2. The van der Waals surface area contributed by atoms with Crippen LogP contribution in [0, 0.1) is 0 Å². The van der Waals surface area contributed by atoms with E-state index >= 15 is 0 Å². The van der Waals surface area contributed by atoms with Crippen molar-refractivity contribution in [3.8, 4) is 0 Å². The average molecular weight is 457 g/mol. The summed E-state index contributed by atoms with van der Waals surface area (Å²) in [6.45, 7) is 3.14. The molecule has 2 amide bonds. The smallest absolute Gasteiger partial charge is 0.247 e. The van der Waals surface area contributed by atoms with Crippen LogP contribution >= 0.6 is 0 Å². The van der Waals surface area contributed by atoms with Gasteiger partial charge in [0.05, 0.1) is 23.5 Å². The van der Waals surface area contributed by atoms with Gasteiger partial charge in [0.2, 0.25) is 11.8 Å². The quantitative estimate of drug-likeness (QED) is 0.504. The number of rotatable bonds is 7. The lowest BCUT2D eigenvalue weighted by Crippen LogP contribution is -2.46. The summed E-state index contributed by atoms with van der Waals surface area (Å²) < 4.78 is 1.99. The molecule has 2 heterocycles. The Balaban J connectivity index is 1.39. The summed E-state index contributed by atoms with van der Waals surface area (Å²) in [6.07, 6.45) is 8.09. The van der Waals surface area contributed by atoms with Crippen molar-refractivity contribution in [2.24, 2.45) is 0 Å². The first kappa shape index (κ1) is 22.4. The number of allylic oxidation sites excluding steroid dienone is 1. The highest BCUT2D eigenvalue weighted by Crippen LogP contribution is 2.37. The van der Waals surface area contributed by atoms with Gasteiger partial charge in [0.15, 0.2) is 0 Å². The van der Waals surface area contributed by atoms with Crippen LogP contribution in [0.25, 0.3) is 11.0 Å². The van der Waals surface area contributed by atoms with E-state index in [1.807, 2.05) is 71.0 Å². The summed E-state index contributed by atoms with van der Waals surface area (Å²) >= 11 is 0. The number of hydrogen-bond donors (Lipinski definition) is 1. The number of nitrogens with one attached hydrogen (secondary N) is 1. The number of imidazole rings is 1. The van der Waals surface area contributed by atoms with Crippen LogP contribution in [-0.4, -0.2) is 32.8 Å². The highest BCUT2D eigenvalue weighted by atomic mass is 16.2. The molecule has 176 valence electrons. The molecule has 1 aliphatic heterocycles. The minimum Gasteiger partial charge on any atom is -0.356 e. The molecular formula is C28H32N4O2. The normalized spacial score (nSPS) is 20.2. The number of amides is 2. The molecule has 0 saturated heterocycles. The molecule has 0 bridgehead atoms. The van der Waals surface area contributed by atoms with E-state index in [1.165, 1.54) is 18.4 Å². The minimum atomic E-state index is -0.601. The van der Waals surface area contributed by atoms with Crippen molar-refractivity contribution in [2.75, 3.05) is 6.54 Å². The Kier molecular flexibility index (Phi) is 6.48. The molecule has 2 aromatic carbocycles. The van der Waals surface area contributed by atoms with Gasteiger partial charge in [-0.3, -0.25) is 9.59 Å². The van der Waals surface area contributed by atoms with Crippen molar-refractivity contribution >= 4 is 22.8 Å². The monoisotopic (exact) mass is 456 g/mol. The first-order valence-electron chi connectivity index (χ1n) is 12.4. The van der Waals surface area contributed by atoms with Crippen LogP contribution in [-0.2, 0) is 16.1 Å². The topological polar surface area (TPSA) is 67.2 Å². The highest BCUT2D eigenvalue weighted by Gasteiger charge is 2.40. The SMILES string of the molecule is C[C@H]1c2nc3ccccc3n2[C@@H](CC(=O)NCCC2=CCCCC2)C(=O)N1Cc1ccccc1. The lowest BCUT2D eigenvalue weighted by atomic mass is 9.97. The van der Waals surface area contributed by atoms with Crippen molar-refractivity contribution in [3.63, 3.8) is 0 Å². The largest absolute Gasteiger partial charge is 0.356 e. The molecule has 0 unspecified atom stereocenters. The van der Waals surface area contributed by atoms with Crippen LogP contribution in [0.1, 0.15) is 68.9 Å². The molecule has 0 spiro atoms. The number of hydrogen-bond acceptors (Lipinski definition) is 3. The minimum absolute atomic E-state index is 0.0304. The van der Waals surface area contributed by atoms with E-state index in [9.17, 15) is 9.59 Å². The molecule has 2 aliphatic rings. The van der Waals surface area contributed by atoms with Gasteiger partial charge in [-0.15, -0.1) is 0 Å². The number of aromatic nitrogens is 2. The van der Waals surface area contributed by atoms with E-state index in [4.69, 9.17) is 4.98 Å². The summed E-state index contributed by atoms with van der Waals surface area (Å²) in [5, 5.41) is 3.06. The van der Waals surface area contributed by atoms with E-state index < -0.39 is 6.04 Å². The third-order valence-corrected chi connectivity index (χ3v) is 7.07. The van der Waals surface area contributed by atoms with Crippen molar-refractivity contribution < 1.29 is 9.59 Å². The molecular weight excluding hydrogens is 424 g/mol. The van der Waals surface area contributed by atoms with Crippen molar-refractivity contribution in [1.29, 1.82) is 0 Å². The molecule has 3 aromatic rings. The number of nitrogens with zero attached hydrogens (tertiary/aromatic N) is 3. The summed E-state index contributed by atoms with van der Waals surface area (Å²) in [6, 6.07) is 17.1. The first-order chi connectivity index (χ1) is 16.6. The summed E-state index contributed by atoms with van der Waals surface area (Å²) in [4.78, 5) is 33.5.